The Morgan fingerprint density at radius 2 is 1.58 bits per heavy atom. The number of ether oxygens (including phenoxy) is 1. The lowest BCUT2D eigenvalue weighted by Crippen LogP contribution is -3.00. The maximum atomic E-state index is 10.1. The van der Waals surface area contributed by atoms with Crippen molar-refractivity contribution in [2.75, 3.05) is 46.4 Å². The van der Waals surface area contributed by atoms with Crippen LogP contribution in [-0.2, 0) is 5.41 Å². The lowest BCUT2D eigenvalue weighted by atomic mass is 9.87. The van der Waals surface area contributed by atoms with Crippen molar-refractivity contribution in [3.8, 4) is 5.75 Å². The van der Waals surface area contributed by atoms with Gasteiger partial charge in [0.05, 0.1) is 0 Å². The maximum absolute atomic E-state index is 10.1. The Balaban J connectivity index is 0.00000264. The molecule has 0 aliphatic carbocycles. The van der Waals surface area contributed by atoms with Crippen LogP contribution in [0.25, 0.3) is 0 Å². The minimum atomic E-state index is -0.439. The number of nitrogens with zero attached hydrogens (tertiary/aromatic N) is 2. The van der Waals surface area contributed by atoms with Crippen LogP contribution in [0.2, 0.25) is 0 Å². The fraction of sp³-hybridized carbons (Fsp3) is 0.667. The lowest BCUT2D eigenvalue weighted by molar-refractivity contribution is -0.001000. The third-order valence-corrected chi connectivity index (χ3v) is 4.23. The molecule has 1 heterocycles. The van der Waals surface area contributed by atoms with Crippen molar-refractivity contribution in [2.24, 2.45) is 0 Å². The second-order valence-electron chi connectivity index (χ2n) is 7.34. The van der Waals surface area contributed by atoms with Crippen LogP contribution in [0.3, 0.4) is 0 Å². The molecule has 1 saturated heterocycles. The summed E-state index contributed by atoms with van der Waals surface area (Å²) in [6, 6.07) is 8.18. The minimum Gasteiger partial charge on any atom is -1.00 e. The number of hydrogen-bond acceptors (Lipinski definition) is 4. The molecular weight excluding hydrogens is 347 g/mol. The Kier molecular flexibility index (Phi) is 10.2. The Labute approximate surface area is 159 Å². The number of β-amino-alcohol motifs (C(OH)–C–C–N with tert-alkyl or cyclic N) is 1. The second kappa shape index (κ2) is 10.5. The summed E-state index contributed by atoms with van der Waals surface area (Å²) in [6.45, 7) is 11.8. The quantitative estimate of drug-likeness (QED) is 0.567. The third kappa shape index (κ3) is 7.58. The molecule has 1 atom stereocenters. The van der Waals surface area contributed by atoms with Gasteiger partial charge in [-0.15, -0.1) is 0 Å². The van der Waals surface area contributed by atoms with E-state index in [2.05, 4.69) is 49.8 Å². The molecule has 0 saturated carbocycles. The van der Waals surface area contributed by atoms with Crippen molar-refractivity contribution in [1.82, 2.24) is 9.80 Å². The minimum absolute atomic E-state index is 0. The molecule has 1 aliphatic heterocycles. The van der Waals surface area contributed by atoms with Gasteiger partial charge in [0.25, 0.3) is 0 Å². The van der Waals surface area contributed by atoms with Crippen LogP contribution in [-0.4, -0.2) is 67.4 Å². The van der Waals surface area contributed by atoms with Crippen LogP contribution < -0.4 is 29.6 Å². The number of benzene rings is 1. The highest BCUT2D eigenvalue weighted by Crippen LogP contribution is 2.24. The molecule has 1 aromatic rings. The molecule has 24 heavy (non-hydrogen) atoms. The van der Waals surface area contributed by atoms with Gasteiger partial charge in [0.15, 0.2) is 0 Å². The first-order valence-corrected chi connectivity index (χ1v) is 8.17. The highest BCUT2D eigenvalue weighted by Gasteiger charge is 2.17. The SMILES string of the molecule is CN1CCN(CC(O)COc2ccc(C(C)(C)C)cc2)CC1.[Cl-].[Cl-]. The standard InChI is InChI=1S/C18H30N2O2.2ClH/c1-18(2,3)15-5-7-17(8-6-15)22-14-16(21)13-20-11-9-19(4)10-12-20;;/h5-8,16,21H,9-14H2,1-4H3;2*1H/p-2. The molecule has 0 aromatic heterocycles. The van der Waals surface area contributed by atoms with E-state index in [1.54, 1.807) is 0 Å². The maximum Gasteiger partial charge on any atom is 0.119 e. The van der Waals surface area contributed by atoms with Gasteiger partial charge < -0.3 is 39.6 Å². The van der Waals surface area contributed by atoms with E-state index in [4.69, 9.17) is 4.74 Å². The summed E-state index contributed by atoms with van der Waals surface area (Å²) in [5.41, 5.74) is 1.44. The van der Waals surface area contributed by atoms with Gasteiger partial charge in [0.1, 0.15) is 18.5 Å². The Hall–Kier alpha value is -0.520. The molecule has 1 fully saturated rings. The molecule has 0 radical (unpaired) electrons. The average molecular weight is 377 g/mol. The molecule has 1 aliphatic rings. The predicted octanol–water partition coefficient (Wildman–Crippen LogP) is -4.02. The van der Waals surface area contributed by atoms with Crippen LogP contribution >= 0.6 is 0 Å². The monoisotopic (exact) mass is 376 g/mol. The Bertz CT molecular complexity index is 455. The fourth-order valence-corrected chi connectivity index (χ4v) is 2.62. The Morgan fingerprint density at radius 3 is 2.08 bits per heavy atom. The number of hydrogen-bond donors (Lipinski definition) is 1. The summed E-state index contributed by atoms with van der Waals surface area (Å²) in [5.74, 6) is 0.824. The average Bonchev–Trinajstić information content (AvgIpc) is 2.47. The largest absolute Gasteiger partial charge is 1.00 e. The van der Waals surface area contributed by atoms with Gasteiger partial charge in [-0.2, -0.15) is 0 Å². The van der Waals surface area contributed by atoms with Gasteiger partial charge in [-0.05, 0) is 30.2 Å². The molecule has 0 amide bonds. The van der Waals surface area contributed by atoms with E-state index >= 15 is 0 Å². The van der Waals surface area contributed by atoms with Crippen LogP contribution in [0.1, 0.15) is 26.3 Å². The van der Waals surface area contributed by atoms with Crippen molar-refractivity contribution in [3.05, 3.63) is 29.8 Å². The molecule has 4 nitrogen and oxygen atoms in total. The smallest absolute Gasteiger partial charge is 0.119 e. The fourth-order valence-electron chi connectivity index (χ4n) is 2.62. The van der Waals surface area contributed by atoms with Crippen LogP contribution in [0, 0.1) is 0 Å². The number of likely N-dealkylation sites (N-methyl/N-ethyl adjacent to an activating group) is 1. The van der Waals surface area contributed by atoms with E-state index in [9.17, 15) is 5.11 Å². The van der Waals surface area contributed by atoms with Gasteiger partial charge >= 0.3 is 0 Å². The summed E-state index contributed by atoms with van der Waals surface area (Å²) >= 11 is 0. The van der Waals surface area contributed by atoms with Crippen LogP contribution in [0.5, 0.6) is 5.75 Å². The van der Waals surface area contributed by atoms with Crippen LogP contribution in [0.15, 0.2) is 24.3 Å². The predicted molar refractivity (Wildman–Crippen MR) is 90.6 cm³/mol. The lowest BCUT2D eigenvalue weighted by Gasteiger charge is -2.33. The van der Waals surface area contributed by atoms with E-state index in [0.717, 1.165) is 31.9 Å². The summed E-state index contributed by atoms with van der Waals surface area (Å²) in [4.78, 5) is 4.62. The first-order valence-electron chi connectivity index (χ1n) is 8.17. The molecule has 1 unspecified atom stereocenters. The van der Waals surface area contributed by atoms with Gasteiger partial charge in [0, 0.05) is 32.7 Å². The van der Waals surface area contributed by atoms with E-state index in [0.29, 0.717) is 13.2 Å². The number of aliphatic hydroxyl groups excluding tert-OH is 1. The van der Waals surface area contributed by atoms with Gasteiger partial charge in [-0.1, -0.05) is 32.9 Å². The topological polar surface area (TPSA) is 35.9 Å². The molecular formula is C18H30Cl2N2O2-2. The summed E-state index contributed by atoms with van der Waals surface area (Å²) in [7, 11) is 2.14. The van der Waals surface area contributed by atoms with Gasteiger partial charge in [-0.3, -0.25) is 4.90 Å². The summed E-state index contributed by atoms with van der Waals surface area (Å²) in [5, 5.41) is 10.1. The second-order valence-corrected chi connectivity index (χ2v) is 7.34. The van der Waals surface area contributed by atoms with E-state index in [1.165, 1.54) is 5.56 Å². The van der Waals surface area contributed by atoms with Crippen molar-refractivity contribution in [1.29, 1.82) is 0 Å². The van der Waals surface area contributed by atoms with Crippen molar-refractivity contribution < 1.29 is 34.7 Å². The van der Waals surface area contributed by atoms with E-state index < -0.39 is 6.10 Å². The summed E-state index contributed by atoms with van der Waals surface area (Å²) < 4.78 is 5.71. The van der Waals surface area contributed by atoms with Crippen molar-refractivity contribution in [2.45, 2.75) is 32.3 Å². The Morgan fingerprint density at radius 1 is 1.04 bits per heavy atom. The molecule has 0 bridgehead atoms. The van der Waals surface area contributed by atoms with E-state index in [-0.39, 0.29) is 30.2 Å². The van der Waals surface area contributed by atoms with Crippen LogP contribution in [0.4, 0.5) is 0 Å². The van der Waals surface area contributed by atoms with Crippen molar-refractivity contribution >= 4 is 0 Å². The van der Waals surface area contributed by atoms with Gasteiger partial charge in [0.2, 0.25) is 0 Å². The zero-order valence-electron chi connectivity index (χ0n) is 15.1. The molecule has 2 rings (SSSR count). The molecule has 1 N–H and O–H groups in total. The number of rotatable bonds is 5. The highest BCUT2D eigenvalue weighted by molar-refractivity contribution is 5.31. The summed E-state index contributed by atoms with van der Waals surface area (Å²) in [6.07, 6.45) is -0.439. The molecule has 1 aromatic carbocycles. The number of aliphatic hydroxyl groups is 1. The molecule has 0 spiro atoms. The first-order chi connectivity index (χ1) is 10.3. The molecule has 6 heteroatoms. The number of piperazine rings is 1. The normalized spacial score (nSPS) is 17.5. The van der Waals surface area contributed by atoms with Crippen molar-refractivity contribution in [3.63, 3.8) is 0 Å². The zero-order valence-corrected chi connectivity index (χ0v) is 16.6. The molecule has 140 valence electrons. The third-order valence-electron chi connectivity index (χ3n) is 4.23. The van der Waals surface area contributed by atoms with E-state index in [1.807, 2.05) is 12.1 Å². The number of halogens is 2. The first kappa shape index (κ1) is 23.5. The van der Waals surface area contributed by atoms with Gasteiger partial charge in [-0.25, -0.2) is 0 Å². The highest BCUT2D eigenvalue weighted by atomic mass is 35.5. The zero-order chi connectivity index (χ0) is 16.2.